The second-order valence-corrected chi connectivity index (χ2v) is 9.50. The number of ether oxygens (including phenoxy) is 1. The predicted octanol–water partition coefficient (Wildman–Crippen LogP) is 5.13. The van der Waals surface area contributed by atoms with Gasteiger partial charge in [-0.2, -0.15) is 0 Å². The maximum absolute atomic E-state index is 12.3. The van der Waals surface area contributed by atoms with Gasteiger partial charge < -0.3 is 14.5 Å². The fraction of sp³-hybridized carbons (Fsp3) is 0.310. The number of benzene rings is 2. The quantitative estimate of drug-likeness (QED) is 0.392. The summed E-state index contributed by atoms with van der Waals surface area (Å²) in [6.45, 7) is 5.62. The molecule has 8 nitrogen and oxygen atoms in total. The second kappa shape index (κ2) is 9.69. The number of nitrogens with zero attached hydrogens (tertiary/aromatic N) is 5. The molecule has 2 aromatic carbocycles. The minimum atomic E-state index is -0.238. The molecule has 6 rings (SSSR count). The molecule has 8 heteroatoms. The Bertz CT molecular complexity index is 1510. The molecule has 0 radical (unpaired) electrons. The van der Waals surface area contributed by atoms with Crippen LogP contribution in [-0.4, -0.2) is 50.8 Å². The molecule has 1 saturated heterocycles. The molecular weight excluding hydrogens is 466 g/mol. The van der Waals surface area contributed by atoms with Crippen molar-refractivity contribution in [1.29, 1.82) is 0 Å². The van der Waals surface area contributed by atoms with Crippen molar-refractivity contribution < 1.29 is 14.4 Å². The summed E-state index contributed by atoms with van der Waals surface area (Å²) >= 11 is 0. The van der Waals surface area contributed by atoms with Crippen molar-refractivity contribution >= 4 is 22.7 Å². The first-order chi connectivity index (χ1) is 18.1. The number of hydrogen-bond acceptors (Lipinski definition) is 6. The van der Waals surface area contributed by atoms with Gasteiger partial charge in [-0.3, -0.25) is 4.98 Å². The SMILES string of the molecule is CCOC(=O)N1CCC(=C2c3ccc(C)cc3CCc3c(On4nnc5ccccc54)ccnc32)CC1. The molecule has 2 aromatic heterocycles. The number of piperidine rings is 1. The van der Waals surface area contributed by atoms with Crippen LogP contribution in [0.15, 0.2) is 60.3 Å². The van der Waals surface area contributed by atoms with E-state index >= 15 is 0 Å². The summed E-state index contributed by atoms with van der Waals surface area (Å²) in [5.41, 5.74) is 9.85. The summed E-state index contributed by atoms with van der Waals surface area (Å²) < 4.78 is 5.23. The summed E-state index contributed by atoms with van der Waals surface area (Å²) in [5, 5.41) is 8.46. The first kappa shape index (κ1) is 23.2. The van der Waals surface area contributed by atoms with Crippen LogP contribution < -0.4 is 4.84 Å². The monoisotopic (exact) mass is 495 g/mol. The molecule has 1 amide bonds. The van der Waals surface area contributed by atoms with Crippen molar-refractivity contribution in [3.8, 4) is 5.75 Å². The number of aromatic nitrogens is 4. The van der Waals surface area contributed by atoms with E-state index in [9.17, 15) is 4.79 Å². The number of carbonyl (C=O) groups excluding carboxylic acids is 1. The van der Waals surface area contributed by atoms with E-state index in [1.165, 1.54) is 32.7 Å². The highest BCUT2D eigenvalue weighted by molar-refractivity contribution is 5.85. The maximum atomic E-state index is 12.3. The molecule has 0 bridgehead atoms. The minimum absolute atomic E-state index is 0.238. The third-order valence-corrected chi connectivity index (χ3v) is 7.18. The highest BCUT2D eigenvalue weighted by atomic mass is 16.7. The second-order valence-electron chi connectivity index (χ2n) is 9.50. The van der Waals surface area contributed by atoms with Crippen molar-refractivity contribution in [3.63, 3.8) is 0 Å². The average molecular weight is 496 g/mol. The molecule has 0 saturated carbocycles. The molecule has 0 unspecified atom stereocenters. The van der Waals surface area contributed by atoms with E-state index in [1.807, 2.05) is 37.3 Å². The number of amides is 1. The zero-order chi connectivity index (χ0) is 25.4. The van der Waals surface area contributed by atoms with E-state index in [-0.39, 0.29) is 6.09 Å². The summed E-state index contributed by atoms with van der Waals surface area (Å²) in [6, 6.07) is 16.3. The molecule has 3 heterocycles. The highest BCUT2D eigenvalue weighted by Crippen LogP contribution is 2.40. The number of para-hydroxylation sites is 1. The van der Waals surface area contributed by atoms with Crippen LogP contribution in [-0.2, 0) is 17.6 Å². The maximum Gasteiger partial charge on any atom is 0.409 e. The molecule has 4 aromatic rings. The minimum Gasteiger partial charge on any atom is -0.450 e. The van der Waals surface area contributed by atoms with E-state index in [4.69, 9.17) is 14.6 Å². The molecule has 37 heavy (non-hydrogen) atoms. The van der Waals surface area contributed by atoms with Crippen molar-refractivity contribution in [2.24, 2.45) is 0 Å². The smallest absolute Gasteiger partial charge is 0.409 e. The van der Waals surface area contributed by atoms with E-state index in [0.29, 0.717) is 19.7 Å². The summed E-state index contributed by atoms with van der Waals surface area (Å²) in [7, 11) is 0. The number of hydrogen-bond donors (Lipinski definition) is 0. The van der Waals surface area contributed by atoms with Crippen LogP contribution >= 0.6 is 0 Å². The van der Waals surface area contributed by atoms with Crippen LogP contribution in [0.2, 0.25) is 0 Å². The Labute approximate surface area is 215 Å². The number of pyridine rings is 1. The Hall–Kier alpha value is -4.20. The Morgan fingerprint density at radius 3 is 2.70 bits per heavy atom. The largest absolute Gasteiger partial charge is 0.450 e. The molecule has 188 valence electrons. The van der Waals surface area contributed by atoms with Gasteiger partial charge in [0.15, 0.2) is 5.75 Å². The number of fused-ring (bicyclic) bond motifs is 3. The fourth-order valence-electron chi connectivity index (χ4n) is 5.37. The molecule has 1 aliphatic carbocycles. The van der Waals surface area contributed by atoms with Crippen molar-refractivity contribution in [2.75, 3.05) is 19.7 Å². The number of aryl methyl sites for hydroxylation is 2. The summed E-state index contributed by atoms with van der Waals surface area (Å²) in [5.74, 6) is 0.729. The lowest BCUT2D eigenvalue weighted by Crippen LogP contribution is -2.37. The standard InChI is InChI=1S/C29H29N5O3/c1-3-36-29(35)33-16-13-20(14-17-33)27-22-10-8-19(2)18-21(22)9-11-23-26(12-15-30-28(23)27)37-34-25-7-5-4-6-24(25)31-32-34/h4-8,10,12,15,18H,3,9,11,13-14,16-17H2,1-2H3. The molecular formula is C29H29N5O3. The van der Waals surface area contributed by atoms with Crippen molar-refractivity contribution in [3.05, 3.63) is 88.2 Å². The first-order valence-corrected chi connectivity index (χ1v) is 12.8. The molecule has 1 aliphatic heterocycles. The van der Waals surface area contributed by atoms with E-state index in [2.05, 4.69) is 35.4 Å². The summed E-state index contributed by atoms with van der Waals surface area (Å²) in [4.78, 5) is 26.8. The van der Waals surface area contributed by atoms with Gasteiger partial charge in [0.2, 0.25) is 0 Å². The van der Waals surface area contributed by atoms with Crippen molar-refractivity contribution in [1.82, 2.24) is 25.0 Å². The van der Waals surface area contributed by atoms with Crippen molar-refractivity contribution in [2.45, 2.75) is 39.5 Å². The third-order valence-electron chi connectivity index (χ3n) is 7.18. The van der Waals surface area contributed by atoms with E-state index in [0.717, 1.165) is 53.7 Å². The van der Waals surface area contributed by atoms with Gasteiger partial charge in [0, 0.05) is 36.5 Å². The van der Waals surface area contributed by atoms with Gasteiger partial charge in [0.05, 0.1) is 12.3 Å². The van der Waals surface area contributed by atoms with E-state index in [1.54, 1.807) is 11.1 Å². The average Bonchev–Trinajstić information content (AvgIpc) is 3.24. The van der Waals surface area contributed by atoms with Crippen LogP contribution in [0.3, 0.4) is 0 Å². The van der Waals surface area contributed by atoms with Gasteiger partial charge >= 0.3 is 6.09 Å². The zero-order valence-electron chi connectivity index (χ0n) is 21.1. The first-order valence-electron chi connectivity index (χ1n) is 12.8. The molecule has 0 spiro atoms. The lowest BCUT2D eigenvalue weighted by Gasteiger charge is -2.29. The Morgan fingerprint density at radius 2 is 1.86 bits per heavy atom. The fourth-order valence-corrected chi connectivity index (χ4v) is 5.37. The predicted molar refractivity (Wildman–Crippen MR) is 140 cm³/mol. The highest BCUT2D eigenvalue weighted by Gasteiger charge is 2.28. The number of likely N-dealkylation sites (tertiary alicyclic amines) is 1. The van der Waals surface area contributed by atoms with Gasteiger partial charge in [0.1, 0.15) is 11.0 Å². The number of carbonyl (C=O) groups is 1. The van der Waals surface area contributed by atoms with Gasteiger partial charge in [0.25, 0.3) is 0 Å². The van der Waals surface area contributed by atoms with Gasteiger partial charge in [-0.15, -0.1) is 5.10 Å². The topological polar surface area (TPSA) is 82.4 Å². The van der Waals surface area contributed by atoms with Crippen LogP contribution in [0.5, 0.6) is 5.75 Å². The van der Waals surface area contributed by atoms with Crippen LogP contribution in [0.1, 0.15) is 47.7 Å². The molecule has 2 aliphatic rings. The van der Waals surface area contributed by atoms with Crippen LogP contribution in [0.4, 0.5) is 4.79 Å². The molecule has 0 N–H and O–H groups in total. The third kappa shape index (κ3) is 4.33. The normalized spacial score (nSPS) is 15.2. The lowest BCUT2D eigenvalue weighted by atomic mass is 9.88. The number of rotatable bonds is 3. The Balaban J connectivity index is 1.43. The lowest BCUT2D eigenvalue weighted by molar-refractivity contribution is 0.104. The van der Waals surface area contributed by atoms with Gasteiger partial charge in [-0.1, -0.05) is 46.3 Å². The Morgan fingerprint density at radius 1 is 1.03 bits per heavy atom. The van der Waals surface area contributed by atoms with Gasteiger partial charge in [-0.25, -0.2) is 4.79 Å². The van der Waals surface area contributed by atoms with E-state index < -0.39 is 0 Å². The zero-order valence-corrected chi connectivity index (χ0v) is 21.1. The summed E-state index contributed by atoms with van der Waals surface area (Å²) in [6.07, 6.45) is 4.81. The van der Waals surface area contributed by atoms with Crippen LogP contribution in [0.25, 0.3) is 16.6 Å². The van der Waals surface area contributed by atoms with Gasteiger partial charge in [-0.05, 0) is 68.0 Å². The Kier molecular flexibility index (Phi) is 6.08. The van der Waals surface area contributed by atoms with Crippen LogP contribution in [0, 0.1) is 6.92 Å². The molecule has 0 atom stereocenters. The molecule has 1 fully saturated rings.